The molecular formula is C16H22N2O3. The Morgan fingerprint density at radius 1 is 1.38 bits per heavy atom. The van der Waals surface area contributed by atoms with Gasteiger partial charge < -0.3 is 9.64 Å². The highest BCUT2D eigenvalue weighted by Crippen LogP contribution is 2.06. The van der Waals surface area contributed by atoms with Gasteiger partial charge in [-0.3, -0.25) is 14.6 Å². The molecule has 0 atom stereocenters. The molecule has 0 saturated carbocycles. The lowest BCUT2D eigenvalue weighted by Crippen LogP contribution is -2.31. The molecule has 0 aromatic carbocycles. The van der Waals surface area contributed by atoms with Crippen LogP contribution < -0.4 is 0 Å². The fraction of sp³-hybridized carbons (Fsp3) is 0.438. The highest BCUT2D eigenvalue weighted by atomic mass is 16.5. The fourth-order valence-electron chi connectivity index (χ4n) is 1.78. The van der Waals surface area contributed by atoms with Gasteiger partial charge in [0.25, 0.3) is 0 Å². The van der Waals surface area contributed by atoms with E-state index in [0.29, 0.717) is 19.7 Å². The number of carbonyl (C=O) groups excluding carboxylic acids is 2. The standard InChI is InChI=1S/C16H22N2O3/c1-4-21-16(20)7-9-18(15(19)10-13(2)3)12-14-6-5-8-17-11-14/h5-6,8,10-11H,4,7,9,12H2,1-3H3. The summed E-state index contributed by atoms with van der Waals surface area (Å²) in [5, 5.41) is 0. The largest absolute Gasteiger partial charge is 0.466 e. The summed E-state index contributed by atoms with van der Waals surface area (Å²) in [5.74, 6) is -0.401. The number of nitrogens with zero attached hydrogens (tertiary/aromatic N) is 2. The molecule has 0 aliphatic carbocycles. The Morgan fingerprint density at radius 2 is 2.14 bits per heavy atom. The summed E-state index contributed by atoms with van der Waals surface area (Å²) in [6, 6.07) is 3.73. The molecule has 21 heavy (non-hydrogen) atoms. The van der Waals surface area contributed by atoms with Gasteiger partial charge in [-0.25, -0.2) is 0 Å². The van der Waals surface area contributed by atoms with Crippen LogP contribution >= 0.6 is 0 Å². The lowest BCUT2D eigenvalue weighted by molar-refractivity contribution is -0.143. The first-order valence-corrected chi connectivity index (χ1v) is 7.01. The number of carbonyl (C=O) groups is 2. The number of aromatic nitrogens is 1. The Morgan fingerprint density at radius 3 is 2.71 bits per heavy atom. The molecule has 0 aliphatic heterocycles. The number of rotatable bonds is 7. The third-order valence-electron chi connectivity index (χ3n) is 2.71. The van der Waals surface area contributed by atoms with Gasteiger partial charge in [0, 0.05) is 31.6 Å². The van der Waals surface area contributed by atoms with E-state index in [2.05, 4.69) is 4.98 Å². The van der Waals surface area contributed by atoms with Crippen molar-refractivity contribution in [2.45, 2.75) is 33.7 Å². The SMILES string of the molecule is CCOC(=O)CCN(Cc1cccnc1)C(=O)C=C(C)C. The van der Waals surface area contributed by atoms with Crippen LogP contribution in [-0.2, 0) is 20.9 Å². The minimum Gasteiger partial charge on any atom is -0.466 e. The van der Waals surface area contributed by atoms with Crippen LogP contribution in [0.3, 0.4) is 0 Å². The van der Waals surface area contributed by atoms with Crippen molar-refractivity contribution in [2.75, 3.05) is 13.2 Å². The lowest BCUT2D eigenvalue weighted by Gasteiger charge is -2.21. The van der Waals surface area contributed by atoms with Gasteiger partial charge in [-0.15, -0.1) is 0 Å². The molecule has 1 aromatic rings. The molecule has 0 fully saturated rings. The van der Waals surface area contributed by atoms with Crippen LogP contribution in [0.25, 0.3) is 0 Å². The van der Waals surface area contributed by atoms with Gasteiger partial charge in [-0.1, -0.05) is 11.6 Å². The summed E-state index contributed by atoms with van der Waals surface area (Å²) in [4.78, 5) is 29.3. The monoisotopic (exact) mass is 290 g/mol. The zero-order valence-electron chi connectivity index (χ0n) is 12.8. The van der Waals surface area contributed by atoms with Gasteiger partial charge in [0.1, 0.15) is 0 Å². The Hall–Kier alpha value is -2.17. The van der Waals surface area contributed by atoms with Crippen LogP contribution in [0.1, 0.15) is 32.8 Å². The van der Waals surface area contributed by atoms with E-state index in [4.69, 9.17) is 4.74 Å². The summed E-state index contributed by atoms with van der Waals surface area (Å²) in [6.45, 7) is 6.60. The first kappa shape index (κ1) is 16.9. The molecule has 1 aromatic heterocycles. The van der Waals surface area contributed by atoms with Crippen LogP contribution in [-0.4, -0.2) is 34.9 Å². The summed E-state index contributed by atoms with van der Waals surface area (Å²) in [7, 11) is 0. The number of pyridine rings is 1. The second-order valence-electron chi connectivity index (χ2n) is 4.90. The fourth-order valence-corrected chi connectivity index (χ4v) is 1.78. The average Bonchev–Trinajstić information content (AvgIpc) is 2.44. The van der Waals surface area contributed by atoms with Crippen LogP contribution in [0.2, 0.25) is 0 Å². The van der Waals surface area contributed by atoms with Crippen LogP contribution in [0.4, 0.5) is 0 Å². The highest BCUT2D eigenvalue weighted by molar-refractivity contribution is 5.88. The second-order valence-corrected chi connectivity index (χ2v) is 4.90. The zero-order valence-corrected chi connectivity index (χ0v) is 12.8. The van der Waals surface area contributed by atoms with Crippen molar-refractivity contribution in [3.8, 4) is 0 Å². The third kappa shape index (κ3) is 6.70. The number of ether oxygens (including phenoxy) is 1. The van der Waals surface area contributed by atoms with Crippen LogP contribution in [0.5, 0.6) is 0 Å². The van der Waals surface area contributed by atoms with Gasteiger partial charge in [0.05, 0.1) is 13.0 Å². The number of hydrogen-bond donors (Lipinski definition) is 0. The van der Waals surface area contributed by atoms with Crippen molar-refractivity contribution >= 4 is 11.9 Å². The molecule has 1 heterocycles. The van der Waals surface area contributed by atoms with Gasteiger partial charge in [0.15, 0.2) is 0 Å². The smallest absolute Gasteiger partial charge is 0.307 e. The van der Waals surface area contributed by atoms with Crippen LogP contribution in [0, 0.1) is 0 Å². The van der Waals surface area contributed by atoms with Crippen molar-refractivity contribution < 1.29 is 14.3 Å². The van der Waals surface area contributed by atoms with Crippen molar-refractivity contribution in [3.63, 3.8) is 0 Å². The molecule has 0 N–H and O–H groups in total. The molecule has 0 bridgehead atoms. The van der Waals surface area contributed by atoms with Gasteiger partial charge in [-0.2, -0.15) is 0 Å². The van der Waals surface area contributed by atoms with Gasteiger partial charge in [0.2, 0.25) is 5.91 Å². The maximum absolute atomic E-state index is 12.2. The summed E-state index contributed by atoms with van der Waals surface area (Å²) < 4.78 is 4.90. The van der Waals surface area contributed by atoms with Gasteiger partial charge >= 0.3 is 5.97 Å². The zero-order chi connectivity index (χ0) is 15.7. The van der Waals surface area contributed by atoms with Crippen molar-refractivity contribution in [1.29, 1.82) is 0 Å². The number of allylic oxidation sites excluding steroid dienone is 1. The molecule has 114 valence electrons. The molecular weight excluding hydrogens is 268 g/mol. The maximum Gasteiger partial charge on any atom is 0.307 e. The minimum absolute atomic E-state index is 0.108. The molecule has 0 saturated heterocycles. The highest BCUT2D eigenvalue weighted by Gasteiger charge is 2.14. The summed E-state index contributed by atoms with van der Waals surface area (Å²) in [5.41, 5.74) is 1.85. The van der Waals surface area contributed by atoms with E-state index in [1.54, 1.807) is 30.3 Å². The molecule has 1 rings (SSSR count). The van der Waals surface area contributed by atoms with E-state index in [-0.39, 0.29) is 18.3 Å². The average molecular weight is 290 g/mol. The molecule has 0 radical (unpaired) electrons. The molecule has 5 nitrogen and oxygen atoms in total. The van der Waals surface area contributed by atoms with Crippen molar-refractivity contribution in [1.82, 2.24) is 9.88 Å². The molecule has 1 amide bonds. The Kier molecular flexibility index (Phi) is 7.15. The van der Waals surface area contributed by atoms with E-state index in [1.807, 2.05) is 26.0 Å². The summed E-state index contributed by atoms with van der Waals surface area (Å²) in [6.07, 6.45) is 5.16. The minimum atomic E-state index is -0.293. The normalized spacial score (nSPS) is 9.86. The Labute approximate surface area is 125 Å². The maximum atomic E-state index is 12.2. The Balaban J connectivity index is 2.72. The first-order valence-electron chi connectivity index (χ1n) is 7.01. The van der Waals surface area contributed by atoms with Crippen LogP contribution in [0.15, 0.2) is 36.2 Å². The topological polar surface area (TPSA) is 59.5 Å². The van der Waals surface area contributed by atoms with E-state index in [1.165, 1.54) is 0 Å². The second kappa shape index (κ2) is 8.89. The van der Waals surface area contributed by atoms with E-state index in [0.717, 1.165) is 11.1 Å². The summed E-state index contributed by atoms with van der Waals surface area (Å²) >= 11 is 0. The van der Waals surface area contributed by atoms with Crippen molar-refractivity contribution in [3.05, 3.63) is 41.7 Å². The predicted molar refractivity (Wildman–Crippen MR) is 80.3 cm³/mol. The number of esters is 1. The third-order valence-corrected chi connectivity index (χ3v) is 2.71. The van der Waals surface area contributed by atoms with E-state index < -0.39 is 0 Å². The number of hydrogen-bond acceptors (Lipinski definition) is 4. The molecule has 5 heteroatoms. The molecule has 0 spiro atoms. The predicted octanol–water partition coefficient (Wildman–Crippen LogP) is 2.33. The molecule has 0 aliphatic rings. The number of amides is 1. The Bertz CT molecular complexity index is 494. The first-order chi connectivity index (χ1) is 10.0. The quantitative estimate of drug-likeness (QED) is 0.571. The molecule has 0 unspecified atom stereocenters. The van der Waals surface area contributed by atoms with Crippen molar-refractivity contribution in [2.24, 2.45) is 0 Å². The van der Waals surface area contributed by atoms with E-state index in [9.17, 15) is 9.59 Å². The van der Waals surface area contributed by atoms with E-state index >= 15 is 0 Å². The van der Waals surface area contributed by atoms with Gasteiger partial charge in [-0.05, 0) is 32.4 Å². The lowest BCUT2D eigenvalue weighted by atomic mass is 10.2.